The van der Waals surface area contributed by atoms with Gasteiger partial charge in [0.2, 0.25) is 5.91 Å². The van der Waals surface area contributed by atoms with Crippen molar-refractivity contribution in [3.05, 3.63) is 89.4 Å². The number of carbonyl (C=O) groups is 1. The summed E-state index contributed by atoms with van der Waals surface area (Å²) in [6.45, 7) is 2.09. The summed E-state index contributed by atoms with van der Waals surface area (Å²) in [5.74, 6) is 0.502. The molecule has 5 nitrogen and oxygen atoms in total. The number of aryl methyl sites for hydroxylation is 1. The minimum absolute atomic E-state index is 0.0783. The van der Waals surface area contributed by atoms with Crippen molar-refractivity contribution in [1.29, 1.82) is 0 Å². The predicted molar refractivity (Wildman–Crippen MR) is 132 cm³/mol. The summed E-state index contributed by atoms with van der Waals surface area (Å²) in [6.07, 6.45) is 0.778. The maximum absolute atomic E-state index is 13.3. The molecule has 1 amide bonds. The number of amides is 1. The molecule has 0 radical (unpaired) electrons. The fourth-order valence-corrected chi connectivity index (χ4v) is 5.37. The molecule has 1 N–H and O–H groups in total. The van der Waals surface area contributed by atoms with Crippen LogP contribution in [-0.2, 0) is 14.8 Å². The van der Waals surface area contributed by atoms with E-state index in [-0.39, 0.29) is 17.3 Å². The summed E-state index contributed by atoms with van der Waals surface area (Å²) in [5.41, 5.74) is 1.43. The molecule has 3 aromatic rings. The third-order valence-corrected chi connectivity index (χ3v) is 7.80. The monoisotopic (exact) mass is 488 g/mol. The van der Waals surface area contributed by atoms with E-state index in [2.05, 4.69) is 5.32 Å². The molecule has 32 heavy (non-hydrogen) atoms. The maximum Gasteiger partial charge on any atom is 0.264 e. The van der Waals surface area contributed by atoms with E-state index < -0.39 is 10.0 Å². The van der Waals surface area contributed by atoms with Crippen molar-refractivity contribution >= 4 is 45.0 Å². The lowest BCUT2D eigenvalue weighted by Gasteiger charge is -2.24. The quantitative estimate of drug-likeness (QED) is 0.317. The van der Waals surface area contributed by atoms with Crippen LogP contribution >= 0.6 is 23.4 Å². The molecule has 0 spiro atoms. The van der Waals surface area contributed by atoms with Crippen LogP contribution in [-0.4, -0.2) is 33.2 Å². The van der Waals surface area contributed by atoms with Crippen molar-refractivity contribution in [3.8, 4) is 0 Å². The number of thioether (sulfide) groups is 1. The van der Waals surface area contributed by atoms with Crippen LogP contribution in [0.5, 0.6) is 0 Å². The summed E-state index contributed by atoms with van der Waals surface area (Å²) in [4.78, 5) is 13.9. The Labute approximate surface area is 198 Å². The van der Waals surface area contributed by atoms with Gasteiger partial charge in [-0.05, 0) is 67.6 Å². The van der Waals surface area contributed by atoms with Gasteiger partial charge in [0.25, 0.3) is 10.0 Å². The van der Waals surface area contributed by atoms with Crippen LogP contribution in [0, 0.1) is 6.92 Å². The lowest BCUT2D eigenvalue weighted by molar-refractivity contribution is -0.119. The van der Waals surface area contributed by atoms with Gasteiger partial charge >= 0.3 is 0 Å². The minimum Gasteiger partial charge on any atom is -0.354 e. The van der Waals surface area contributed by atoms with Gasteiger partial charge in [-0.1, -0.05) is 47.5 Å². The van der Waals surface area contributed by atoms with Crippen molar-refractivity contribution in [2.75, 3.05) is 23.1 Å². The number of sulfonamides is 1. The molecule has 8 heteroatoms. The molecule has 0 saturated heterocycles. The van der Waals surface area contributed by atoms with E-state index in [0.717, 1.165) is 22.0 Å². The first kappa shape index (κ1) is 24.2. The Morgan fingerprint density at radius 1 is 0.969 bits per heavy atom. The second kappa shape index (κ2) is 11.4. The van der Waals surface area contributed by atoms with Crippen molar-refractivity contribution in [2.24, 2.45) is 0 Å². The minimum atomic E-state index is -3.94. The van der Waals surface area contributed by atoms with E-state index in [4.69, 9.17) is 11.6 Å². The molecule has 0 unspecified atom stereocenters. The first-order valence-corrected chi connectivity index (χ1v) is 13.0. The molecule has 3 rings (SSSR count). The molecule has 0 aliphatic rings. The third-order valence-electron chi connectivity index (χ3n) is 4.67. The molecule has 0 aromatic heterocycles. The zero-order chi connectivity index (χ0) is 23.0. The van der Waals surface area contributed by atoms with E-state index >= 15 is 0 Å². The van der Waals surface area contributed by atoms with Gasteiger partial charge in [-0.15, -0.1) is 11.8 Å². The van der Waals surface area contributed by atoms with Gasteiger partial charge in [-0.25, -0.2) is 8.42 Å². The van der Waals surface area contributed by atoms with Crippen LogP contribution < -0.4 is 9.62 Å². The zero-order valence-corrected chi connectivity index (χ0v) is 20.1. The smallest absolute Gasteiger partial charge is 0.264 e. The Kier molecular flexibility index (Phi) is 8.61. The van der Waals surface area contributed by atoms with Crippen molar-refractivity contribution < 1.29 is 13.2 Å². The number of hydrogen-bond acceptors (Lipinski definition) is 4. The van der Waals surface area contributed by atoms with Gasteiger partial charge in [-0.3, -0.25) is 9.10 Å². The van der Waals surface area contributed by atoms with Crippen molar-refractivity contribution in [3.63, 3.8) is 0 Å². The van der Waals surface area contributed by atoms with Gasteiger partial charge < -0.3 is 5.32 Å². The fraction of sp³-hybridized carbons (Fsp3) is 0.208. The molecule has 0 aliphatic heterocycles. The van der Waals surface area contributed by atoms with Gasteiger partial charge in [0.05, 0.1) is 10.6 Å². The Hall–Kier alpha value is -2.48. The SMILES string of the molecule is Cc1ccc(N(CC(=O)NCCCSc2ccccc2)S(=O)(=O)c2ccc(Cl)cc2)cc1. The first-order chi connectivity index (χ1) is 15.4. The average molecular weight is 489 g/mol. The lowest BCUT2D eigenvalue weighted by Crippen LogP contribution is -2.41. The van der Waals surface area contributed by atoms with Crippen molar-refractivity contribution in [1.82, 2.24) is 5.32 Å². The van der Waals surface area contributed by atoms with E-state index in [9.17, 15) is 13.2 Å². The second-order valence-electron chi connectivity index (χ2n) is 7.17. The van der Waals surface area contributed by atoms with Crippen LogP contribution in [0.15, 0.2) is 88.7 Å². The predicted octanol–water partition coefficient (Wildman–Crippen LogP) is 5.14. The Bertz CT molecular complexity index is 1120. The molecule has 168 valence electrons. The molecule has 0 fully saturated rings. The summed E-state index contributed by atoms with van der Waals surface area (Å²) < 4.78 is 27.7. The highest BCUT2D eigenvalue weighted by atomic mass is 35.5. The van der Waals surface area contributed by atoms with Crippen LogP contribution in [0.25, 0.3) is 0 Å². The number of rotatable bonds is 10. The maximum atomic E-state index is 13.3. The highest BCUT2D eigenvalue weighted by Crippen LogP contribution is 2.25. The number of anilines is 1. The number of nitrogens with one attached hydrogen (secondary N) is 1. The van der Waals surface area contributed by atoms with E-state index in [0.29, 0.717) is 17.3 Å². The lowest BCUT2D eigenvalue weighted by atomic mass is 10.2. The summed E-state index contributed by atoms with van der Waals surface area (Å²) in [5, 5.41) is 3.28. The number of halogens is 1. The molecule has 0 saturated carbocycles. The number of hydrogen-bond donors (Lipinski definition) is 1. The third kappa shape index (κ3) is 6.76. The van der Waals surface area contributed by atoms with E-state index in [1.54, 1.807) is 23.9 Å². The standard InChI is InChI=1S/C24H25ClN2O3S2/c1-19-8-12-21(13-9-19)27(32(29,30)23-14-10-20(25)11-15-23)18-24(28)26-16-5-17-31-22-6-3-2-4-7-22/h2-4,6-15H,5,16-18H2,1H3,(H,26,28). The van der Waals surface area contributed by atoms with Gasteiger partial charge in [0.1, 0.15) is 6.54 Å². The van der Waals surface area contributed by atoms with Crippen LogP contribution in [0.4, 0.5) is 5.69 Å². The number of carbonyl (C=O) groups excluding carboxylic acids is 1. The Morgan fingerprint density at radius 2 is 1.62 bits per heavy atom. The van der Waals surface area contributed by atoms with Gasteiger partial charge in [0.15, 0.2) is 0 Å². The van der Waals surface area contributed by atoms with Gasteiger partial charge in [0, 0.05) is 16.5 Å². The van der Waals surface area contributed by atoms with E-state index in [1.807, 2.05) is 49.4 Å². The highest BCUT2D eigenvalue weighted by Gasteiger charge is 2.27. The van der Waals surface area contributed by atoms with Gasteiger partial charge in [-0.2, -0.15) is 0 Å². The molecule has 0 atom stereocenters. The Morgan fingerprint density at radius 3 is 2.28 bits per heavy atom. The van der Waals surface area contributed by atoms with Crippen LogP contribution in [0.3, 0.4) is 0 Å². The summed E-state index contributed by atoms with van der Waals surface area (Å²) in [7, 11) is -3.94. The molecule has 0 heterocycles. The average Bonchev–Trinajstić information content (AvgIpc) is 2.79. The highest BCUT2D eigenvalue weighted by molar-refractivity contribution is 7.99. The number of nitrogens with zero attached hydrogens (tertiary/aromatic N) is 1. The number of benzene rings is 3. The van der Waals surface area contributed by atoms with Crippen LogP contribution in [0.1, 0.15) is 12.0 Å². The fourth-order valence-electron chi connectivity index (χ4n) is 2.95. The summed E-state index contributed by atoms with van der Waals surface area (Å²) in [6, 6.07) is 23.0. The molecular formula is C24H25ClN2O3S2. The normalized spacial score (nSPS) is 11.2. The first-order valence-electron chi connectivity index (χ1n) is 10.2. The molecule has 0 aliphatic carbocycles. The topological polar surface area (TPSA) is 66.5 Å². The van der Waals surface area contributed by atoms with Crippen molar-refractivity contribution in [2.45, 2.75) is 23.1 Å². The largest absolute Gasteiger partial charge is 0.354 e. The van der Waals surface area contributed by atoms with Crippen LogP contribution in [0.2, 0.25) is 5.02 Å². The second-order valence-corrected chi connectivity index (χ2v) is 10.6. The molecule has 0 bridgehead atoms. The molecular weight excluding hydrogens is 464 g/mol. The van der Waals surface area contributed by atoms with E-state index in [1.165, 1.54) is 29.2 Å². The molecule has 3 aromatic carbocycles. The Balaban J connectivity index is 1.65. The zero-order valence-electron chi connectivity index (χ0n) is 17.7. The summed E-state index contributed by atoms with van der Waals surface area (Å²) >= 11 is 7.63.